The van der Waals surface area contributed by atoms with Crippen molar-refractivity contribution in [1.29, 1.82) is 0 Å². The van der Waals surface area contributed by atoms with Crippen molar-refractivity contribution in [3.05, 3.63) is 69.7 Å². The van der Waals surface area contributed by atoms with Gasteiger partial charge in [-0.05, 0) is 29.8 Å². The predicted molar refractivity (Wildman–Crippen MR) is 90.4 cm³/mol. The van der Waals surface area contributed by atoms with Gasteiger partial charge in [-0.2, -0.15) is 0 Å². The van der Waals surface area contributed by atoms with Crippen molar-refractivity contribution in [1.82, 2.24) is 4.90 Å². The summed E-state index contributed by atoms with van der Waals surface area (Å²) in [6, 6.07) is 14.1. The Balaban J connectivity index is 1.54. The number of esters is 1. The zero-order chi connectivity index (χ0) is 17.1. The van der Waals surface area contributed by atoms with E-state index in [1.54, 1.807) is 24.3 Å². The Labute approximate surface area is 147 Å². The molecule has 1 aliphatic rings. The van der Waals surface area contributed by atoms with Gasteiger partial charge in [0.25, 0.3) is 11.8 Å². The summed E-state index contributed by atoms with van der Waals surface area (Å²) in [6.07, 6.45) is -0.0283. The number of fused-ring (bicyclic) bond motifs is 1. The molecular formula is C18H14BrNO4. The monoisotopic (exact) mass is 387 g/mol. The van der Waals surface area contributed by atoms with Crippen molar-refractivity contribution in [2.24, 2.45) is 0 Å². The van der Waals surface area contributed by atoms with E-state index in [-0.39, 0.29) is 31.4 Å². The Morgan fingerprint density at radius 1 is 1.00 bits per heavy atom. The zero-order valence-electron chi connectivity index (χ0n) is 12.7. The van der Waals surface area contributed by atoms with Crippen LogP contribution in [-0.2, 0) is 16.1 Å². The maximum absolute atomic E-state index is 12.2. The molecule has 0 atom stereocenters. The molecule has 6 heteroatoms. The molecule has 0 unspecified atom stereocenters. The van der Waals surface area contributed by atoms with Crippen LogP contribution in [-0.4, -0.2) is 29.2 Å². The fourth-order valence-electron chi connectivity index (χ4n) is 2.51. The molecule has 0 radical (unpaired) electrons. The minimum atomic E-state index is -0.452. The minimum absolute atomic E-state index is 0.0175. The van der Waals surface area contributed by atoms with E-state index in [2.05, 4.69) is 15.9 Å². The van der Waals surface area contributed by atoms with E-state index < -0.39 is 5.97 Å². The highest BCUT2D eigenvalue weighted by Gasteiger charge is 2.35. The lowest BCUT2D eigenvalue weighted by Crippen LogP contribution is -2.32. The first kappa shape index (κ1) is 16.4. The molecule has 0 N–H and O–H groups in total. The molecule has 1 aliphatic heterocycles. The van der Waals surface area contributed by atoms with Gasteiger partial charge in [0.2, 0.25) is 0 Å². The molecule has 5 nitrogen and oxygen atoms in total. The second-order valence-electron chi connectivity index (χ2n) is 5.35. The second kappa shape index (κ2) is 6.97. The molecule has 1 heterocycles. The average molecular weight is 388 g/mol. The van der Waals surface area contributed by atoms with Gasteiger partial charge in [-0.15, -0.1) is 0 Å². The predicted octanol–water partition coefficient (Wildman–Crippen LogP) is 3.18. The lowest BCUT2D eigenvalue weighted by molar-refractivity contribution is -0.145. The number of rotatable bonds is 5. The Morgan fingerprint density at radius 3 is 2.29 bits per heavy atom. The normalized spacial score (nSPS) is 13.1. The molecule has 122 valence electrons. The number of carbonyl (C=O) groups excluding carboxylic acids is 3. The Kier molecular flexibility index (Phi) is 4.76. The molecule has 24 heavy (non-hydrogen) atoms. The summed E-state index contributed by atoms with van der Waals surface area (Å²) in [5.74, 6) is -1.18. The molecule has 2 amide bonds. The standard InChI is InChI=1S/C18H14BrNO4/c19-13-5-3-4-12(10-13)11-24-16(21)8-9-20-17(22)14-6-1-2-7-15(14)18(20)23/h1-7,10H,8-9,11H2. The second-order valence-corrected chi connectivity index (χ2v) is 6.26. The van der Waals surface area contributed by atoms with Crippen LogP contribution in [0.3, 0.4) is 0 Å². The first-order valence-corrected chi connectivity index (χ1v) is 8.21. The van der Waals surface area contributed by atoms with Gasteiger partial charge in [-0.25, -0.2) is 0 Å². The van der Waals surface area contributed by atoms with Gasteiger partial charge in [0.1, 0.15) is 6.61 Å². The highest BCUT2D eigenvalue weighted by Crippen LogP contribution is 2.22. The summed E-state index contributed by atoms with van der Waals surface area (Å²) in [5, 5.41) is 0. The lowest BCUT2D eigenvalue weighted by Gasteiger charge is -2.13. The first-order valence-electron chi connectivity index (χ1n) is 7.41. The summed E-state index contributed by atoms with van der Waals surface area (Å²) >= 11 is 3.35. The number of amides is 2. The number of nitrogens with zero attached hydrogens (tertiary/aromatic N) is 1. The summed E-state index contributed by atoms with van der Waals surface area (Å²) < 4.78 is 6.09. The summed E-state index contributed by atoms with van der Waals surface area (Å²) in [4.78, 5) is 37.3. The van der Waals surface area contributed by atoms with Crippen LogP contribution in [0.5, 0.6) is 0 Å². The maximum Gasteiger partial charge on any atom is 0.307 e. The molecule has 0 aliphatic carbocycles. The van der Waals surface area contributed by atoms with Crippen molar-refractivity contribution in [2.45, 2.75) is 13.0 Å². The Bertz CT molecular complexity index is 783. The summed E-state index contributed by atoms with van der Waals surface area (Å²) in [5.41, 5.74) is 1.62. The van der Waals surface area contributed by atoms with Crippen molar-refractivity contribution in [3.8, 4) is 0 Å². The molecule has 0 saturated heterocycles. The molecule has 0 fully saturated rings. The molecule has 2 aromatic carbocycles. The number of imide groups is 1. The van der Waals surface area contributed by atoms with Gasteiger partial charge in [-0.3, -0.25) is 19.3 Å². The Hall–Kier alpha value is -2.47. The van der Waals surface area contributed by atoms with Crippen molar-refractivity contribution in [3.63, 3.8) is 0 Å². The number of carbonyl (C=O) groups is 3. The van der Waals surface area contributed by atoms with Gasteiger partial charge in [-0.1, -0.05) is 40.2 Å². The highest BCUT2D eigenvalue weighted by atomic mass is 79.9. The van der Waals surface area contributed by atoms with E-state index in [4.69, 9.17) is 4.74 Å². The third-order valence-electron chi connectivity index (χ3n) is 3.71. The zero-order valence-corrected chi connectivity index (χ0v) is 14.3. The van der Waals surface area contributed by atoms with Gasteiger partial charge in [0.15, 0.2) is 0 Å². The van der Waals surface area contributed by atoms with E-state index in [0.29, 0.717) is 11.1 Å². The fraction of sp³-hybridized carbons (Fsp3) is 0.167. The minimum Gasteiger partial charge on any atom is -0.461 e. The van der Waals surface area contributed by atoms with Crippen LogP contribution >= 0.6 is 15.9 Å². The number of hydrogen-bond acceptors (Lipinski definition) is 4. The molecule has 0 saturated carbocycles. The molecule has 2 aromatic rings. The van der Waals surface area contributed by atoms with E-state index in [0.717, 1.165) is 14.9 Å². The van der Waals surface area contributed by atoms with Crippen LogP contribution in [0.2, 0.25) is 0 Å². The quantitative estimate of drug-likeness (QED) is 0.583. The smallest absolute Gasteiger partial charge is 0.307 e. The van der Waals surface area contributed by atoms with E-state index in [9.17, 15) is 14.4 Å². The van der Waals surface area contributed by atoms with Crippen LogP contribution in [0.15, 0.2) is 53.0 Å². The lowest BCUT2D eigenvalue weighted by atomic mass is 10.1. The van der Waals surface area contributed by atoms with Crippen LogP contribution in [0.1, 0.15) is 32.7 Å². The topological polar surface area (TPSA) is 63.7 Å². The first-order chi connectivity index (χ1) is 11.6. The fourth-order valence-corrected chi connectivity index (χ4v) is 2.95. The van der Waals surface area contributed by atoms with E-state index >= 15 is 0 Å². The third-order valence-corrected chi connectivity index (χ3v) is 4.20. The van der Waals surface area contributed by atoms with Gasteiger partial charge >= 0.3 is 5.97 Å². The SMILES string of the molecule is O=C(CCN1C(=O)c2ccccc2C1=O)OCc1cccc(Br)c1. The Morgan fingerprint density at radius 2 is 1.67 bits per heavy atom. The van der Waals surface area contributed by atoms with Gasteiger partial charge in [0, 0.05) is 11.0 Å². The molecule has 0 aromatic heterocycles. The van der Waals surface area contributed by atoms with Crippen molar-refractivity contribution in [2.75, 3.05) is 6.54 Å². The molecule has 0 spiro atoms. The van der Waals surface area contributed by atoms with Gasteiger partial charge < -0.3 is 4.74 Å². The van der Waals surface area contributed by atoms with E-state index in [1.165, 1.54) is 0 Å². The van der Waals surface area contributed by atoms with Gasteiger partial charge in [0.05, 0.1) is 17.5 Å². The maximum atomic E-state index is 12.2. The average Bonchev–Trinajstić information content (AvgIpc) is 2.83. The number of benzene rings is 2. The van der Waals surface area contributed by atoms with Crippen molar-refractivity contribution >= 4 is 33.7 Å². The van der Waals surface area contributed by atoms with Crippen LogP contribution in [0, 0.1) is 0 Å². The summed E-state index contributed by atoms with van der Waals surface area (Å²) in [7, 11) is 0. The highest BCUT2D eigenvalue weighted by molar-refractivity contribution is 9.10. The third kappa shape index (κ3) is 3.38. The van der Waals surface area contributed by atoms with Crippen LogP contribution < -0.4 is 0 Å². The molecule has 0 bridgehead atoms. The van der Waals surface area contributed by atoms with Crippen LogP contribution in [0.25, 0.3) is 0 Å². The molecule has 3 rings (SSSR count). The number of hydrogen-bond donors (Lipinski definition) is 0. The number of halogens is 1. The van der Waals surface area contributed by atoms with Crippen LogP contribution in [0.4, 0.5) is 0 Å². The molecular weight excluding hydrogens is 374 g/mol. The largest absolute Gasteiger partial charge is 0.461 e. The number of ether oxygens (including phenoxy) is 1. The van der Waals surface area contributed by atoms with E-state index in [1.807, 2.05) is 24.3 Å². The summed E-state index contributed by atoms with van der Waals surface area (Å²) in [6.45, 7) is 0.171. The van der Waals surface area contributed by atoms with Crippen molar-refractivity contribution < 1.29 is 19.1 Å².